The van der Waals surface area contributed by atoms with Gasteiger partial charge < -0.3 is 4.74 Å². The quantitative estimate of drug-likeness (QED) is 0.643. The van der Waals surface area contributed by atoms with E-state index in [1.165, 1.54) is 0 Å². The molecule has 0 radical (unpaired) electrons. The van der Waals surface area contributed by atoms with Crippen LogP contribution in [0.5, 0.6) is 0 Å². The third-order valence-corrected chi connectivity index (χ3v) is 2.80. The van der Waals surface area contributed by atoms with Crippen molar-refractivity contribution >= 4 is 11.4 Å². The van der Waals surface area contributed by atoms with Gasteiger partial charge in [-0.1, -0.05) is 18.2 Å². The van der Waals surface area contributed by atoms with E-state index >= 15 is 0 Å². The predicted octanol–water partition coefficient (Wildman–Crippen LogP) is 2.65. The highest BCUT2D eigenvalue weighted by Gasteiger charge is 2.36. The number of methoxy groups -OCH3 is 1. The van der Waals surface area contributed by atoms with Gasteiger partial charge in [-0.25, -0.2) is 0 Å². The molecule has 1 atom stereocenters. The standard InChI is InChI=1S/C11H13NO/c1-8-11(2,13-3)9-6-4-5-7-10(9)12-8/h4-7H,1-3H3. The smallest absolute Gasteiger partial charge is 0.130 e. The van der Waals surface area contributed by atoms with E-state index in [1.54, 1.807) is 7.11 Å². The van der Waals surface area contributed by atoms with Crippen molar-refractivity contribution in [3.05, 3.63) is 29.8 Å². The fourth-order valence-electron chi connectivity index (χ4n) is 1.71. The number of hydrogen-bond donors (Lipinski definition) is 0. The van der Waals surface area contributed by atoms with Crippen LogP contribution in [0.1, 0.15) is 19.4 Å². The third kappa shape index (κ3) is 1.02. The van der Waals surface area contributed by atoms with Gasteiger partial charge in [-0.05, 0) is 19.9 Å². The monoisotopic (exact) mass is 175 g/mol. The molecule has 1 aromatic carbocycles. The van der Waals surface area contributed by atoms with Gasteiger partial charge in [-0.2, -0.15) is 0 Å². The lowest BCUT2D eigenvalue weighted by atomic mass is 9.93. The Labute approximate surface area is 78.3 Å². The van der Waals surface area contributed by atoms with Crippen molar-refractivity contribution in [1.29, 1.82) is 0 Å². The second kappa shape index (κ2) is 2.67. The Balaban J connectivity index is 2.61. The average molecular weight is 175 g/mol. The van der Waals surface area contributed by atoms with Gasteiger partial charge in [0.2, 0.25) is 0 Å². The summed E-state index contributed by atoms with van der Waals surface area (Å²) in [5.74, 6) is 0. The molecule has 1 aliphatic rings. The molecule has 0 spiro atoms. The summed E-state index contributed by atoms with van der Waals surface area (Å²) in [4.78, 5) is 4.47. The van der Waals surface area contributed by atoms with Crippen molar-refractivity contribution < 1.29 is 4.74 Å². The highest BCUT2D eigenvalue weighted by molar-refractivity contribution is 5.98. The number of hydrogen-bond acceptors (Lipinski definition) is 2. The lowest BCUT2D eigenvalue weighted by molar-refractivity contribution is 0.0671. The maximum atomic E-state index is 5.51. The maximum Gasteiger partial charge on any atom is 0.130 e. The summed E-state index contributed by atoms with van der Waals surface area (Å²) in [6.45, 7) is 4.06. The first-order valence-electron chi connectivity index (χ1n) is 4.39. The van der Waals surface area contributed by atoms with Crippen molar-refractivity contribution in [1.82, 2.24) is 0 Å². The molecule has 0 saturated carbocycles. The maximum absolute atomic E-state index is 5.51. The van der Waals surface area contributed by atoms with E-state index in [1.807, 2.05) is 25.1 Å². The van der Waals surface area contributed by atoms with Crippen LogP contribution < -0.4 is 0 Å². The number of nitrogens with zero attached hydrogens (tertiary/aromatic N) is 1. The normalized spacial score (nSPS) is 25.6. The van der Waals surface area contributed by atoms with Crippen LogP contribution in [-0.2, 0) is 10.3 Å². The molecule has 2 heteroatoms. The third-order valence-electron chi connectivity index (χ3n) is 2.80. The molecule has 1 aromatic rings. The van der Waals surface area contributed by atoms with Crippen molar-refractivity contribution in [2.75, 3.05) is 7.11 Å². The average Bonchev–Trinajstić information content (AvgIpc) is 2.41. The molecule has 13 heavy (non-hydrogen) atoms. The SMILES string of the molecule is COC1(C)C(C)=Nc2ccccc21. The molecular weight excluding hydrogens is 162 g/mol. The second-order valence-electron chi connectivity index (χ2n) is 3.45. The summed E-state index contributed by atoms with van der Waals surface area (Å²) in [6.07, 6.45) is 0. The molecule has 0 aromatic heterocycles. The zero-order chi connectivity index (χ0) is 9.47. The van der Waals surface area contributed by atoms with Crippen molar-refractivity contribution in [3.63, 3.8) is 0 Å². The molecule has 0 N–H and O–H groups in total. The van der Waals surface area contributed by atoms with Crippen LogP contribution in [0.4, 0.5) is 5.69 Å². The largest absolute Gasteiger partial charge is 0.368 e. The molecule has 1 aliphatic heterocycles. The van der Waals surface area contributed by atoms with Crippen molar-refractivity contribution in [2.24, 2.45) is 4.99 Å². The van der Waals surface area contributed by atoms with Gasteiger partial charge in [0.05, 0.1) is 11.4 Å². The molecular formula is C11H13NO. The van der Waals surface area contributed by atoms with Gasteiger partial charge in [0, 0.05) is 12.7 Å². The van der Waals surface area contributed by atoms with Gasteiger partial charge >= 0.3 is 0 Å². The van der Waals surface area contributed by atoms with E-state index in [0.717, 1.165) is 17.0 Å². The van der Waals surface area contributed by atoms with E-state index in [-0.39, 0.29) is 5.60 Å². The number of fused-ring (bicyclic) bond motifs is 1. The van der Waals surface area contributed by atoms with Gasteiger partial charge in [-0.3, -0.25) is 4.99 Å². The molecule has 0 fully saturated rings. The van der Waals surface area contributed by atoms with Crippen molar-refractivity contribution in [2.45, 2.75) is 19.4 Å². The highest BCUT2D eigenvalue weighted by Crippen LogP contribution is 2.39. The van der Waals surface area contributed by atoms with E-state index in [9.17, 15) is 0 Å². The lowest BCUT2D eigenvalue weighted by Gasteiger charge is -2.23. The Morgan fingerprint density at radius 3 is 2.69 bits per heavy atom. The second-order valence-corrected chi connectivity index (χ2v) is 3.45. The van der Waals surface area contributed by atoms with E-state index in [0.29, 0.717) is 0 Å². The van der Waals surface area contributed by atoms with E-state index < -0.39 is 0 Å². The number of para-hydroxylation sites is 1. The van der Waals surface area contributed by atoms with Gasteiger partial charge in [0.15, 0.2) is 0 Å². The minimum atomic E-state index is -0.323. The minimum absolute atomic E-state index is 0.323. The summed E-state index contributed by atoms with van der Waals surface area (Å²) < 4.78 is 5.51. The molecule has 2 rings (SSSR count). The summed E-state index contributed by atoms with van der Waals surface area (Å²) >= 11 is 0. The first-order chi connectivity index (χ1) is 6.18. The fraction of sp³-hybridized carbons (Fsp3) is 0.364. The zero-order valence-corrected chi connectivity index (χ0v) is 8.16. The number of aliphatic imine (C=N–C) groups is 1. The van der Waals surface area contributed by atoms with Gasteiger partial charge in [-0.15, -0.1) is 0 Å². The molecule has 68 valence electrons. The summed E-state index contributed by atoms with van der Waals surface area (Å²) in [5.41, 5.74) is 2.90. The Bertz CT molecular complexity index is 370. The zero-order valence-electron chi connectivity index (χ0n) is 8.16. The van der Waals surface area contributed by atoms with Crippen LogP contribution in [0, 0.1) is 0 Å². The number of ether oxygens (including phenoxy) is 1. The van der Waals surface area contributed by atoms with Crippen LogP contribution in [0.3, 0.4) is 0 Å². The summed E-state index contributed by atoms with van der Waals surface area (Å²) in [6, 6.07) is 8.10. The summed E-state index contributed by atoms with van der Waals surface area (Å²) in [5, 5.41) is 0. The van der Waals surface area contributed by atoms with Crippen LogP contribution >= 0.6 is 0 Å². The van der Waals surface area contributed by atoms with Crippen LogP contribution in [0.2, 0.25) is 0 Å². The Hall–Kier alpha value is -1.15. The molecule has 0 bridgehead atoms. The fourth-order valence-corrected chi connectivity index (χ4v) is 1.71. The Morgan fingerprint density at radius 1 is 1.31 bits per heavy atom. The first-order valence-corrected chi connectivity index (χ1v) is 4.39. The summed E-state index contributed by atoms with van der Waals surface area (Å²) in [7, 11) is 1.72. The van der Waals surface area contributed by atoms with Crippen LogP contribution in [0.25, 0.3) is 0 Å². The lowest BCUT2D eigenvalue weighted by Crippen LogP contribution is -2.29. The molecule has 1 unspecified atom stereocenters. The molecule has 1 heterocycles. The molecule has 0 aliphatic carbocycles. The molecule has 0 amide bonds. The van der Waals surface area contributed by atoms with Gasteiger partial charge in [0.25, 0.3) is 0 Å². The van der Waals surface area contributed by atoms with E-state index in [4.69, 9.17) is 4.74 Å². The van der Waals surface area contributed by atoms with Gasteiger partial charge in [0.1, 0.15) is 5.60 Å². The Morgan fingerprint density at radius 2 is 2.00 bits per heavy atom. The molecule has 0 saturated heterocycles. The van der Waals surface area contributed by atoms with Crippen molar-refractivity contribution in [3.8, 4) is 0 Å². The van der Waals surface area contributed by atoms with E-state index in [2.05, 4.69) is 18.0 Å². The molecule has 2 nitrogen and oxygen atoms in total. The number of benzene rings is 1. The number of rotatable bonds is 1. The predicted molar refractivity (Wildman–Crippen MR) is 53.6 cm³/mol. The Kier molecular flexibility index (Phi) is 1.74. The highest BCUT2D eigenvalue weighted by atomic mass is 16.5. The van der Waals surface area contributed by atoms with Crippen LogP contribution in [-0.4, -0.2) is 12.8 Å². The minimum Gasteiger partial charge on any atom is -0.368 e. The first kappa shape index (κ1) is 8.45. The topological polar surface area (TPSA) is 21.6 Å². The van der Waals surface area contributed by atoms with Crippen LogP contribution in [0.15, 0.2) is 29.3 Å².